The number of nitriles is 1. The van der Waals surface area contributed by atoms with Crippen molar-refractivity contribution in [3.63, 3.8) is 0 Å². The Bertz CT molecular complexity index is 1680. The Morgan fingerprint density at radius 2 is 1.61 bits per heavy atom. The molecule has 2 aromatic carbocycles. The summed E-state index contributed by atoms with van der Waals surface area (Å²) in [6, 6.07) is 12.4. The highest BCUT2D eigenvalue weighted by Crippen LogP contribution is 2.48. The molecule has 3 N–H and O–H groups in total. The quantitative estimate of drug-likeness (QED) is 0.326. The first-order valence-electron chi connectivity index (χ1n) is 15.8. The summed E-state index contributed by atoms with van der Waals surface area (Å²) in [6.45, 7) is 6.38. The lowest BCUT2D eigenvalue weighted by molar-refractivity contribution is -0.130. The number of aryl methyl sites for hydroxylation is 2. The van der Waals surface area contributed by atoms with Crippen molar-refractivity contribution in [2.45, 2.75) is 76.4 Å². The van der Waals surface area contributed by atoms with Crippen molar-refractivity contribution in [1.82, 2.24) is 30.6 Å². The van der Waals surface area contributed by atoms with Crippen molar-refractivity contribution in [2.75, 3.05) is 27.2 Å². The van der Waals surface area contributed by atoms with E-state index in [1.807, 2.05) is 45.0 Å². The fourth-order valence-corrected chi connectivity index (χ4v) is 6.98. The number of nitrogens with zero attached hydrogens (tertiary/aromatic N) is 4. The third-order valence-corrected chi connectivity index (χ3v) is 9.14. The highest BCUT2D eigenvalue weighted by Gasteiger charge is 2.47. The molecule has 2 heterocycles. The van der Waals surface area contributed by atoms with Crippen LogP contribution in [0.25, 0.3) is 0 Å². The molecule has 2 atom stereocenters. The van der Waals surface area contributed by atoms with Crippen LogP contribution in [0.3, 0.4) is 0 Å². The Hall–Kier alpha value is -4.76. The van der Waals surface area contributed by atoms with Gasteiger partial charge in [-0.1, -0.05) is 12.1 Å². The molecule has 1 aliphatic heterocycles. The molecule has 0 spiro atoms. The second kappa shape index (κ2) is 13.3. The van der Waals surface area contributed by atoms with Crippen LogP contribution in [0.5, 0.6) is 0 Å². The molecule has 12 heteroatoms. The minimum Gasteiger partial charge on any atom is -0.355 e. The first-order valence-corrected chi connectivity index (χ1v) is 15.8. The molecule has 12 nitrogen and oxygen atoms in total. The van der Waals surface area contributed by atoms with E-state index in [1.165, 1.54) is 0 Å². The second-order valence-electron chi connectivity index (χ2n) is 12.4. The van der Waals surface area contributed by atoms with Gasteiger partial charge in [0, 0.05) is 37.8 Å². The second-order valence-corrected chi connectivity index (χ2v) is 12.4. The molecular formula is C34H41N7O5. The summed E-state index contributed by atoms with van der Waals surface area (Å²) in [7, 11) is 3.17. The van der Waals surface area contributed by atoms with E-state index >= 15 is 0 Å². The molecule has 0 bridgehead atoms. The summed E-state index contributed by atoms with van der Waals surface area (Å²) in [6.07, 6.45) is 2.97. The molecule has 5 rings (SSSR count). The number of benzene rings is 2. The van der Waals surface area contributed by atoms with Gasteiger partial charge in [-0.2, -0.15) is 15.0 Å². The fraction of sp³-hybridized carbons (Fsp3) is 0.471. The summed E-state index contributed by atoms with van der Waals surface area (Å²) in [4.78, 5) is 57.6. The predicted octanol–water partition coefficient (Wildman–Crippen LogP) is 2.45. The zero-order valence-corrected chi connectivity index (χ0v) is 27.0. The van der Waals surface area contributed by atoms with Crippen LogP contribution >= 0.6 is 0 Å². The van der Waals surface area contributed by atoms with Crippen LogP contribution in [-0.2, 0) is 23.1 Å². The lowest BCUT2D eigenvalue weighted by Gasteiger charge is -2.38. The fourth-order valence-electron chi connectivity index (χ4n) is 6.98. The van der Waals surface area contributed by atoms with E-state index in [-0.39, 0.29) is 36.3 Å². The van der Waals surface area contributed by atoms with Gasteiger partial charge in [-0.15, -0.1) is 0 Å². The zero-order valence-electron chi connectivity index (χ0n) is 27.0. The molecule has 2 aliphatic rings. The smallest absolute Gasteiger partial charge is 0.355 e. The molecule has 1 aliphatic carbocycles. The average molecular weight is 628 g/mol. The molecule has 0 unspecified atom stereocenters. The summed E-state index contributed by atoms with van der Waals surface area (Å²) in [5, 5.41) is 18.3. The van der Waals surface area contributed by atoms with Crippen molar-refractivity contribution in [1.29, 1.82) is 5.26 Å². The maximum Gasteiger partial charge on any atom is 0.459 e. The lowest BCUT2D eigenvalue weighted by atomic mass is 9.67. The lowest BCUT2D eigenvalue weighted by Crippen LogP contribution is -2.46. The first-order chi connectivity index (χ1) is 22.0. The Balaban J connectivity index is 1.70. The maximum absolute atomic E-state index is 13.2. The third kappa shape index (κ3) is 5.95. The van der Waals surface area contributed by atoms with Gasteiger partial charge in [0.05, 0.1) is 24.1 Å². The average Bonchev–Trinajstić information content (AvgIpc) is 3.68. The van der Waals surface area contributed by atoms with E-state index in [2.05, 4.69) is 27.0 Å². The Labute approximate surface area is 268 Å². The molecular weight excluding hydrogens is 586 g/mol. The molecule has 3 aromatic rings. The number of amides is 3. The van der Waals surface area contributed by atoms with Crippen LogP contribution < -0.4 is 21.7 Å². The Morgan fingerprint density at radius 3 is 2.13 bits per heavy atom. The molecule has 1 saturated heterocycles. The number of rotatable bonds is 9. The molecule has 3 amide bonds. The summed E-state index contributed by atoms with van der Waals surface area (Å²) in [5.74, 6) is -0.905. The van der Waals surface area contributed by atoms with Gasteiger partial charge < -0.3 is 25.4 Å². The minimum atomic E-state index is -1.07. The summed E-state index contributed by atoms with van der Waals surface area (Å²) < 4.78 is 7.21. The summed E-state index contributed by atoms with van der Waals surface area (Å²) in [5.41, 5.74) is 3.46. The Morgan fingerprint density at radius 1 is 1.02 bits per heavy atom. The van der Waals surface area contributed by atoms with Crippen LogP contribution in [-0.4, -0.2) is 71.6 Å². The number of carbonyl (C=O) groups excluding carboxylic acids is 3. The van der Waals surface area contributed by atoms with Crippen molar-refractivity contribution in [3.8, 4) is 6.07 Å². The van der Waals surface area contributed by atoms with Crippen LogP contribution in [0.2, 0.25) is 0 Å². The largest absolute Gasteiger partial charge is 0.459 e. The topological polar surface area (TPSA) is 162 Å². The molecule has 1 fully saturated rings. The van der Waals surface area contributed by atoms with Crippen molar-refractivity contribution >= 4 is 17.7 Å². The van der Waals surface area contributed by atoms with Gasteiger partial charge >= 0.3 is 5.76 Å². The first kappa shape index (κ1) is 32.6. The normalized spacial score (nSPS) is 17.4. The van der Waals surface area contributed by atoms with E-state index in [0.29, 0.717) is 49.2 Å². The van der Waals surface area contributed by atoms with Crippen molar-refractivity contribution in [2.24, 2.45) is 0 Å². The number of hydrogen-bond donors (Lipinski definition) is 3. The maximum atomic E-state index is 13.2. The minimum absolute atomic E-state index is 0.0379. The van der Waals surface area contributed by atoms with Gasteiger partial charge in [0.15, 0.2) is 5.82 Å². The van der Waals surface area contributed by atoms with Crippen LogP contribution in [0.4, 0.5) is 0 Å². The van der Waals surface area contributed by atoms with E-state index in [1.54, 1.807) is 35.9 Å². The van der Waals surface area contributed by atoms with Crippen molar-refractivity contribution < 1.29 is 18.9 Å². The van der Waals surface area contributed by atoms with E-state index < -0.39 is 17.2 Å². The Kier molecular flexibility index (Phi) is 9.44. The van der Waals surface area contributed by atoms with E-state index in [4.69, 9.17) is 4.52 Å². The highest BCUT2D eigenvalue weighted by molar-refractivity contribution is 5.95. The molecule has 242 valence electrons. The van der Waals surface area contributed by atoms with Crippen LogP contribution in [0.1, 0.15) is 94.9 Å². The number of likely N-dealkylation sites (tertiary alicyclic amines) is 1. The van der Waals surface area contributed by atoms with E-state index in [0.717, 1.165) is 28.7 Å². The standard InChI is InChI=1S/C34H41N7O5/c1-20(2)41-32(39-33(45)46-41)34(17-21(3)38-19-29(42)40-14-6-7-26(40)18-35)27-12-10-24(30(43)36-4)15-22(27)8-9-23-16-25(31(44)37-5)11-13-28(23)34/h10-13,15-16,20-21,26,38H,6-9,14,17,19H2,1-5H3,(H,36,43)(H,37,44)/t21-,26-/m0/s1. The third-order valence-electron chi connectivity index (χ3n) is 9.14. The molecule has 46 heavy (non-hydrogen) atoms. The number of fused-ring (bicyclic) bond motifs is 2. The number of hydrogen-bond acceptors (Lipinski definition) is 8. The zero-order chi connectivity index (χ0) is 33.2. The highest BCUT2D eigenvalue weighted by atomic mass is 16.5. The number of carbonyl (C=O) groups is 3. The van der Waals surface area contributed by atoms with Gasteiger partial charge in [-0.05, 0) is 99.4 Å². The predicted molar refractivity (Wildman–Crippen MR) is 171 cm³/mol. The summed E-state index contributed by atoms with van der Waals surface area (Å²) >= 11 is 0. The van der Waals surface area contributed by atoms with Gasteiger partial charge in [0.2, 0.25) is 5.91 Å². The molecule has 0 radical (unpaired) electrons. The van der Waals surface area contributed by atoms with Gasteiger partial charge in [-0.25, -0.2) is 4.79 Å². The van der Waals surface area contributed by atoms with Gasteiger partial charge in [0.25, 0.3) is 11.8 Å². The van der Waals surface area contributed by atoms with Crippen LogP contribution in [0, 0.1) is 11.3 Å². The molecule has 1 aromatic heterocycles. The van der Waals surface area contributed by atoms with Gasteiger partial charge in [0.1, 0.15) is 6.04 Å². The number of nitrogens with one attached hydrogen (secondary N) is 3. The number of aromatic nitrogens is 2. The van der Waals surface area contributed by atoms with Gasteiger partial charge in [-0.3, -0.25) is 14.4 Å². The van der Waals surface area contributed by atoms with Crippen molar-refractivity contribution in [3.05, 3.63) is 86.2 Å². The van der Waals surface area contributed by atoms with E-state index in [9.17, 15) is 24.4 Å². The van der Waals surface area contributed by atoms with Crippen LogP contribution in [0.15, 0.2) is 45.7 Å². The monoisotopic (exact) mass is 627 g/mol. The molecule has 0 saturated carbocycles. The SMILES string of the molecule is CNC(=O)c1ccc2c(c1)CCc1cc(C(=O)NC)ccc1C2(C[C@H](C)NCC(=O)N1CCC[C@H]1C#N)c1nc(=O)on1C(C)C.